The Kier molecular flexibility index (Phi) is 5.15. The van der Waals surface area contributed by atoms with Crippen LogP contribution in [-0.2, 0) is 23.1 Å². The average molecular weight is 400 g/mol. The molecule has 1 aliphatic heterocycles. The maximum absolute atomic E-state index is 13.1. The Labute approximate surface area is 164 Å². The van der Waals surface area contributed by atoms with Crippen molar-refractivity contribution in [2.75, 3.05) is 13.2 Å². The number of carbonyl (C=O) groups excluding carboxylic acids is 1. The van der Waals surface area contributed by atoms with Crippen molar-refractivity contribution < 1.29 is 14.3 Å². The molecule has 0 bridgehead atoms. The first kappa shape index (κ1) is 18.6. The molecule has 2 aromatic heterocycles. The summed E-state index contributed by atoms with van der Waals surface area (Å²) in [5, 5.41) is 1.83. The van der Waals surface area contributed by atoms with Gasteiger partial charge in [-0.25, -0.2) is 9.59 Å². The molecular formula is C20H20N2O5S. The summed E-state index contributed by atoms with van der Waals surface area (Å²) in [4.78, 5) is 39.0. The van der Waals surface area contributed by atoms with Gasteiger partial charge in [0.05, 0.1) is 30.7 Å². The number of aryl methyl sites for hydroxylation is 1. The maximum Gasteiger partial charge on any atom is 0.340 e. The number of hydrogen-bond donors (Lipinski definition) is 0. The summed E-state index contributed by atoms with van der Waals surface area (Å²) in [6.45, 7) is 1.26. The van der Waals surface area contributed by atoms with E-state index in [1.165, 1.54) is 15.9 Å². The fraction of sp³-hybridized carbons (Fsp3) is 0.350. The standard InChI is InChI=1S/C20H20N2O5S/c1-21-18-16(15(12-28-18)19(24)27-14-7-9-26-10-8-14)17(23)22(20(21)25)11-13-5-3-2-4-6-13/h2-6,12,14H,7-11H2,1H3. The molecule has 1 saturated heterocycles. The van der Waals surface area contributed by atoms with Gasteiger partial charge in [0, 0.05) is 25.3 Å². The first-order chi connectivity index (χ1) is 13.6. The molecule has 0 unspecified atom stereocenters. The molecule has 1 aliphatic rings. The second-order valence-electron chi connectivity index (χ2n) is 6.77. The summed E-state index contributed by atoms with van der Waals surface area (Å²) >= 11 is 1.20. The van der Waals surface area contributed by atoms with Crippen molar-refractivity contribution in [1.29, 1.82) is 0 Å². The number of carbonyl (C=O) groups is 1. The van der Waals surface area contributed by atoms with E-state index in [1.807, 2.05) is 30.3 Å². The van der Waals surface area contributed by atoms with Gasteiger partial charge in [0.25, 0.3) is 5.56 Å². The van der Waals surface area contributed by atoms with E-state index in [4.69, 9.17) is 9.47 Å². The third kappa shape index (κ3) is 3.41. The molecule has 0 amide bonds. The van der Waals surface area contributed by atoms with Gasteiger partial charge in [0.15, 0.2) is 0 Å². The highest BCUT2D eigenvalue weighted by Gasteiger charge is 2.25. The van der Waals surface area contributed by atoms with Gasteiger partial charge in [0.1, 0.15) is 10.9 Å². The molecule has 0 saturated carbocycles. The van der Waals surface area contributed by atoms with Crippen molar-refractivity contribution in [3.8, 4) is 0 Å². The first-order valence-corrected chi connectivity index (χ1v) is 9.98. The van der Waals surface area contributed by atoms with Crippen LogP contribution in [0.15, 0.2) is 45.3 Å². The molecule has 4 rings (SSSR count). The number of hydrogen-bond acceptors (Lipinski definition) is 6. The van der Waals surface area contributed by atoms with Crippen LogP contribution >= 0.6 is 11.3 Å². The number of esters is 1. The van der Waals surface area contributed by atoms with E-state index in [-0.39, 0.29) is 23.6 Å². The van der Waals surface area contributed by atoms with Crippen LogP contribution in [-0.4, -0.2) is 34.4 Å². The second-order valence-corrected chi connectivity index (χ2v) is 7.62. The first-order valence-electron chi connectivity index (χ1n) is 9.10. The summed E-state index contributed by atoms with van der Waals surface area (Å²) in [6, 6.07) is 9.28. The molecule has 8 heteroatoms. The van der Waals surface area contributed by atoms with E-state index >= 15 is 0 Å². The van der Waals surface area contributed by atoms with Crippen molar-refractivity contribution in [3.05, 3.63) is 67.7 Å². The Hall–Kier alpha value is -2.71. The lowest BCUT2D eigenvalue weighted by Crippen LogP contribution is -2.39. The van der Waals surface area contributed by atoms with Gasteiger partial charge in [-0.2, -0.15) is 0 Å². The third-order valence-corrected chi connectivity index (χ3v) is 5.95. The predicted octanol–water partition coefficient (Wildman–Crippen LogP) is 2.15. The number of ether oxygens (including phenoxy) is 2. The molecule has 0 spiro atoms. The van der Waals surface area contributed by atoms with Gasteiger partial charge in [0.2, 0.25) is 0 Å². The zero-order valence-electron chi connectivity index (χ0n) is 15.4. The zero-order valence-corrected chi connectivity index (χ0v) is 16.2. The van der Waals surface area contributed by atoms with Crippen LogP contribution in [0.4, 0.5) is 0 Å². The van der Waals surface area contributed by atoms with Crippen molar-refractivity contribution >= 4 is 27.5 Å². The quantitative estimate of drug-likeness (QED) is 0.627. The Morgan fingerprint density at radius 2 is 1.93 bits per heavy atom. The van der Waals surface area contributed by atoms with Crippen LogP contribution in [0, 0.1) is 0 Å². The number of benzene rings is 1. The van der Waals surface area contributed by atoms with Gasteiger partial charge in [-0.05, 0) is 5.56 Å². The van der Waals surface area contributed by atoms with E-state index in [0.717, 1.165) is 10.1 Å². The van der Waals surface area contributed by atoms with Gasteiger partial charge in [-0.15, -0.1) is 11.3 Å². The van der Waals surface area contributed by atoms with Gasteiger partial charge in [-0.3, -0.25) is 13.9 Å². The lowest BCUT2D eigenvalue weighted by Gasteiger charge is -2.22. The highest BCUT2D eigenvalue weighted by atomic mass is 32.1. The van der Waals surface area contributed by atoms with Crippen molar-refractivity contribution in [2.45, 2.75) is 25.5 Å². The number of thiophene rings is 1. The zero-order chi connectivity index (χ0) is 19.7. The van der Waals surface area contributed by atoms with Crippen molar-refractivity contribution in [2.24, 2.45) is 7.05 Å². The lowest BCUT2D eigenvalue weighted by molar-refractivity contribution is -0.0157. The molecule has 146 valence electrons. The molecule has 1 aromatic carbocycles. The molecule has 0 atom stereocenters. The van der Waals surface area contributed by atoms with Crippen molar-refractivity contribution in [1.82, 2.24) is 9.13 Å². The van der Waals surface area contributed by atoms with Crippen molar-refractivity contribution in [3.63, 3.8) is 0 Å². The number of fused-ring (bicyclic) bond motifs is 1. The number of nitrogens with zero attached hydrogens (tertiary/aromatic N) is 2. The lowest BCUT2D eigenvalue weighted by atomic mass is 10.1. The number of rotatable bonds is 4. The summed E-state index contributed by atoms with van der Waals surface area (Å²) in [5.41, 5.74) is 0.172. The minimum absolute atomic E-state index is 0.145. The third-order valence-electron chi connectivity index (χ3n) is 4.90. The topological polar surface area (TPSA) is 79.5 Å². The fourth-order valence-corrected chi connectivity index (χ4v) is 4.35. The minimum Gasteiger partial charge on any atom is -0.459 e. The Morgan fingerprint density at radius 3 is 2.64 bits per heavy atom. The molecule has 1 fully saturated rings. The monoisotopic (exact) mass is 400 g/mol. The van der Waals surface area contributed by atoms with Gasteiger partial charge < -0.3 is 9.47 Å². The van der Waals surface area contributed by atoms with Gasteiger partial charge in [-0.1, -0.05) is 30.3 Å². The summed E-state index contributed by atoms with van der Waals surface area (Å²) < 4.78 is 13.4. The molecule has 0 radical (unpaired) electrons. The van der Waals surface area contributed by atoms with Gasteiger partial charge >= 0.3 is 11.7 Å². The van der Waals surface area contributed by atoms with Crippen LogP contribution in [0.5, 0.6) is 0 Å². The van der Waals surface area contributed by atoms with Crippen LogP contribution in [0.2, 0.25) is 0 Å². The average Bonchev–Trinajstić information content (AvgIpc) is 3.17. The minimum atomic E-state index is -0.528. The van der Waals surface area contributed by atoms with Crippen LogP contribution in [0.3, 0.4) is 0 Å². The summed E-state index contributed by atoms with van der Waals surface area (Å²) in [7, 11) is 1.61. The Balaban J connectivity index is 1.76. The predicted molar refractivity (Wildman–Crippen MR) is 106 cm³/mol. The largest absolute Gasteiger partial charge is 0.459 e. The second kappa shape index (κ2) is 7.73. The van der Waals surface area contributed by atoms with E-state index in [1.54, 1.807) is 12.4 Å². The van der Waals surface area contributed by atoms with Crippen LogP contribution < -0.4 is 11.2 Å². The highest BCUT2D eigenvalue weighted by molar-refractivity contribution is 7.17. The summed E-state index contributed by atoms with van der Waals surface area (Å²) in [5.74, 6) is -0.528. The maximum atomic E-state index is 13.1. The fourth-order valence-electron chi connectivity index (χ4n) is 3.36. The molecule has 0 aliphatic carbocycles. The normalized spacial score (nSPS) is 15.0. The molecule has 28 heavy (non-hydrogen) atoms. The van der Waals surface area contributed by atoms with E-state index in [0.29, 0.717) is 30.9 Å². The SMILES string of the molecule is Cn1c(=O)n(Cc2ccccc2)c(=O)c2c(C(=O)OC3CCOCC3)csc21. The molecule has 3 heterocycles. The highest BCUT2D eigenvalue weighted by Crippen LogP contribution is 2.24. The Morgan fingerprint density at radius 1 is 1.21 bits per heavy atom. The smallest absolute Gasteiger partial charge is 0.340 e. The van der Waals surface area contributed by atoms with Crippen LogP contribution in [0.1, 0.15) is 28.8 Å². The van der Waals surface area contributed by atoms with E-state index < -0.39 is 17.2 Å². The molecule has 3 aromatic rings. The van der Waals surface area contributed by atoms with Crippen LogP contribution in [0.25, 0.3) is 10.2 Å². The molecule has 0 N–H and O–H groups in total. The van der Waals surface area contributed by atoms with E-state index in [2.05, 4.69) is 0 Å². The Bertz CT molecular complexity index is 1120. The number of aromatic nitrogens is 2. The molecular weight excluding hydrogens is 380 g/mol. The molecule has 7 nitrogen and oxygen atoms in total. The summed E-state index contributed by atoms with van der Waals surface area (Å²) in [6.07, 6.45) is 1.07. The van der Waals surface area contributed by atoms with E-state index in [9.17, 15) is 14.4 Å².